The van der Waals surface area contributed by atoms with Crippen molar-refractivity contribution in [1.82, 2.24) is 24.2 Å². The van der Waals surface area contributed by atoms with E-state index in [1.807, 2.05) is 41.1 Å². The van der Waals surface area contributed by atoms with Crippen LogP contribution in [0, 0.1) is 0 Å². The van der Waals surface area contributed by atoms with E-state index in [1.54, 1.807) is 34.0 Å². The quantitative estimate of drug-likeness (QED) is 0.425. The van der Waals surface area contributed by atoms with Gasteiger partial charge in [-0.3, -0.25) is 0 Å². The minimum Gasteiger partial charge on any atom is -0.353 e. The molecule has 0 atom stereocenters. The van der Waals surface area contributed by atoms with Crippen molar-refractivity contribution in [3.05, 3.63) is 65.6 Å². The van der Waals surface area contributed by atoms with Gasteiger partial charge in [0.15, 0.2) is 5.82 Å². The molecule has 0 spiro atoms. The molecule has 0 amide bonds. The van der Waals surface area contributed by atoms with E-state index in [0.717, 1.165) is 22.3 Å². The number of benzene rings is 1. The maximum absolute atomic E-state index is 13.4. The Labute approximate surface area is 194 Å². The highest BCUT2D eigenvalue weighted by molar-refractivity contribution is 7.89. The summed E-state index contributed by atoms with van der Waals surface area (Å²) < 4.78 is 28.3. The van der Waals surface area contributed by atoms with Crippen LogP contribution in [0.15, 0.2) is 70.5 Å². The number of nitrogens with one attached hydrogen (secondary N) is 1. The summed E-state index contributed by atoms with van der Waals surface area (Å²) in [6.07, 6.45) is 3.18. The fraction of sp³-hybridized carbons (Fsp3) is 0.174. The van der Waals surface area contributed by atoms with E-state index in [2.05, 4.69) is 14.9 Å². The Bertz CT molecular complexity index is 1550. The van der Waals surface area contributed by atoms with Crippen LogP contribution < -0.4 is 4.90 Å². The van der Waals surface area contributed by atoms with E-state index in [0.29, 0.717) is 43.0 Å². The number of aromatic nitrogens is 4. The molecule has 6 rings (SSSR count). The van der Waals surface area contributed by atoms with Crippen LogP contribution in [0.2, 0.25) is 0 Å². The van der Waals surface area contributed by atoms with Crippen LogP contribution in [-0.4, -0.2) is 58.8 Å². The zero-order valence-corrected chi connectivity index (χ0v) is 19.2. The summed E-state index contributed by atoms with van der Waals surface area (Å²) in [4.78, 5) is 19.2. The molecular formula is C23H20N6O2S2. The van der Waals surface area contributed by atoms with E-state index in [-0.39, 0.29) is 4.90 Å². The number of anilines is 1. The Balaban J connectivity index is 1.31. The molecule has 4 aromatic heterocycles. The number of hydrogen-bond acceptors (Lipinski definition) is 7. The highest BCUT2D eigenvalue weighted by atomic mass is 32.2. The summed E-state index contributed by atoms with van der Waals surface area (Å²) in [5.41, 5.74) is 2.44. The molecule has 33 heavy (non-hydrogen) atoms. The third-order valence-corrected chi connectivity index (χ3v) is 8.55. The van der Waals surface area contributed by atoms with Gasteiger partial charge in [0.25, 0.3) is 0 Å². The largest absolute Gasteiger partial charge is 0.353 e. The van der Waals surface area contributed by atoms with Crippen molar-refractivity contribution in [2.24, 2.45) is 0 Å². The lowest BCUT2D eigenvalue weighted by molar-refractivity contribution is 0.384. The molecule has 5 heterocycles. The molecule has 1 saturated heterocycles. The van der Waals surface area contributed by atoms with Gasteiger partial charge in [0.1, 0.15) is 16.4 Å². The van der Waals surface area contributed by atoms with Crippen molar-refractivity contribution in [1.29, 1.82) is 0 Å². The molecular weight excluding hydrogens is 456 g/mol. The number of pyridine rings is 1. The highest BCUT2D eigenvalue weighted by Gasteiger charge is 2.31. The molecule has 1 N–H and O–H groups in total. The van der Waals surface area contributed by atoms with Crippen molar-refractivity contribution in [3.8, 4) is 11.4 Å². The van der Waals surface area contributed by atoms with Crippen molar-refractivity contribution in [2.45, 2.75) is 4.90 Å². The van der Waals surface area contributed by atoms with Gasteiger partial charge < -0.3 is 9.88 Å². The number of sulfonamides is 1. The van der Waals surface area contributed by atoms with Crippen molar-refractivity contribution >= 4 is 49.1 Å². The predicted octanol–water partition coefficient (Wildman–Crippen LogP) is 3.75. The normalized spacial score (nSPS) is 15.5. The number of thiophene rings is 1. The molecule has 10 heteroatoms. The number of para-hydroxylation sites is 1. The van der Waals surface area contributed by atoms with E-state index in [9.17, 15) is 8.42 Å². The highest BCUT2D eigenvalue weighted by Crippen LogP contribution is 2.30. The van der Waals surface area contributed by atoms with Gasteiger partial charge in [-0.05, 0) is 35.7 Å². The summed E-state index contributed by atoms with van der Waals surface area (Å²) in [7, 11) is -3.63. The predicted molar refractivity (Wildman–Crippen MR) is 130 cm³/mol. The first kappa shape index (κ1) is 20.3. The molecule has 1 aliphatic heterocycles. The molecule has 1 aliphatic rings. The first-order valence-electron chi connectivity index (χ1n) is 10.6. The zero-order valence-electron chi connectivity index (χ0n) is 17.5. The van der Waals surface area contributed by atoms with Crippen LogP contribution in [0.4, 0.5) is 5.82 Å². The third-order valence-electron chi connectivity index (χ3n) is 5.93. The molecule has 1 fully saturated rings. The number of rotatable bonds is 4. The van der Waals surface area contributed by atoms with Crippen LogP contribution in [0.25, 0.3) is 33.3 Å². The number of aromatic amines is 1. The summed E-state index contributed by atoms with van der Waals surface area (Å²) in [6, 6.07) is 13.5. The average molecular weight is 477 g/mol. The Morgan fingerprint density at radius 1 is 0.939 bits per heavy atom. The van der Waals surface area contributed by atoms with Gasteiger partial charge >= 0.3 is 0 Å². The van der Waals surface area contributed by atoms with E-state index in [4.69, 9.17) is 9.97 Å². The summed E-state index contributed by atoms with van der Waals surface area (Å²) in [6.45, 7) is 1.84. The molecule has 5 aromatic rings. The number of fused-ring (bicyclic) bond motifs is 2. The third kappa shape index (κ3) is 3.47. The topological polar surface area (TPSA) is 95.1 Å². The minimum absolute atomic E-state index is 0.270. The SMILES string of the molecule is O=S(=O)(c1c[nH]c2ncccc12)N1CCN(c2nc(-c3ccsc3)nc3ccccc23)CC1. The van der Waals surface area contributed by atoms with E-state index >= 15 is 0 Å². The first-order chi connectivity index (χ1) is 16.1. The number of H-pyrrole nitrogens is 1. The maximum Gasteiger partial charge on any atom is 0.245 e. The van der Waals surface area contributed by atoms with Crippen LogP contribution in [0.3, 0.4) is 0 Å². The van der Waals surface area contributed by atoms with Crippen molar-refractivity contribution < 1.29 is 8.42 Å². The van der Waals surface area contributed by atoms with Crippen molar-refractivity contribution in [2.75, 3.05) is 31.1 Å². The molecule has 0 unspecified atom stereocenters. The summed E-state index contributed by atoms with van der Waals surface area (Å²) >= 11 is 1.61. The Hall–Kier alpha value is -3.34. The Morgan fingerprint density at radius 2 is 1.76 bits per heavy atom. The second kappa shape index (κ2) is 7.91. The van der Waals surface area contributed by atoms with Gasteiger partial charge in [0, 0.05) is 60.3 Å². The van der Waals surface area contributed by atoms with Crippen LogP contribution in [0.5, 0.6) is 0 Å². The zero-order chi connectivity index (χ0) is 22.4. The standard InChI is InChI=1S/C23H20N6O2S2/c30-33(31,20-14-25-22-18(20)5-3-8-24-22)29-11-9-28(10-12-29)23-17-4-1-2-6-19(17)26-21(27-23)16-7-13-32-15-16/h1-8,13-15H,9-12H2,(H,24,25). The second-order valence-electron chi connectivity index (χ2n) is 7.84. The molecule has 0 saturated carbocycles. The van der Waals surface area contributed by atoms with Gasteiger partial charge in [-0.25, -0.2) is 23.4 Å². The molecule has 8 nitrogen and oxygen atoms in total. The number of nitrogens with zero attached hydrogens (tertiary/aromatic N) is 5. The lowest BCUT2D eigenvalue weighted by atomic mass is 10.2. The smallest absolute Gasteiger partial charge is 0.245 e. The molecule has 0 bridgehead atoms. The maximum atomic E-state index is 13.4. The molecule has 1 aromatic carbocycles. The second-order valence-corrected chi connectivity index (χ2v) is 10.5. The average Bonchev–Trinajstić information content (AvgIpc) is 3.54. The van der Waals surface area contributed by atoms with Crippen molar-refractivity contribution in [3.63, 3.8) is 0 Å². The number of piperazine rings is 1. The van der Waals surface area contributed by atoms with E-state index in [1.165, 1.54) is 6.20 Å². The summed E-state index contributed by atoms with van der Waals surface area (Å²) in [5, 5.41) is 5.63. The lowest BCUT2D eigenvalue weighted by Crippen LogP contribution is -2.49. The first-order valence-corrected chi connectivity index (χ1v) is 13.0. The Morgan fingerprint density at radius 3 is 2.58 bits per heavy atom. The summed E-state index contributed by atoms with van der Waals surface area (Å²) in [5.74, 6) is 1.53. The van der Waals surface area contributed by atoms with Gasteiger partial charge in [0.05, 0.1) is 5.52 Å². The fourth-order valence-corrected chi connectivity index (χ4v) is 6.45. The Kier molecular flexibility index (Phi) is 4.86. The fourth-order valence-electron chi connectivity index (χ4n) is 4.25. The van der Waals surface area contributed by atoms with Gasteiger partial charge in [-0.2, -0.15) is 15.6 Å². The lowest BCUT2D eigenvalue weighted by Gasteiger charge is -2.35. The molecule has 166 valence electrons. The van der Waals surface area contributed by atoms with Gasteiger partial charge in [0.2, 0.25) is 10.0 Å². The van der Waals surface area contributed by atoms with E-state index < -0.39 is 10.0 Å². The molecule has 0 radical (unpaired) electrons. The van der Waals surface area contributed by atoms with Gasteiger partial charge in [-0.15, -0.1) is 0 Å². The number of hydrogen-bond donors (Lipinski definition) is 1. The van der Waals surface area contributed by atoms with Gasteiger partial charge in [-0.1, -0.05) is 12.1 Å². The van der Waals surface area contributed by atoms with Crippen LogP contribution in [-0.2, 0) is 10.0 Å². The monoisotopic (exact) mass is 476 g/mol. The minimum atomic E-state index is -3.63. The van der Waals surface area contributed by atoms with Crippen LogP contribution in [0.1, 0.15) is 0 Å². The van der Waals surface area contributed by atoms with Crippen LogP contribution >= 0.6 is 11.3 Å². The molecule has 0 aliphatic carbocycles.